The van der Waals surface area contributed by atoms with Crippen LogP contribution in [0.1, 0.15) is 30.5 Å². The number of nitrogens with one attached hydrogen (secondary N) is 1. The molecule has 4 rings (SSSR count). The fourth-order valence-corrected chi connectivity index (χ4v) is 4.28. The second kappa shape index (κ2) is 11.1. The molecule has 9 heteroatoms. The highest BCUT2D eigenvalue weighted by Gasteiger charge is 2.25. The highest BCUT2D eigenvalue weighted by molar-refractivity contribution is 5.85. The van der Waals surface area contributed by atoms with Crippen molar-refractivity contribution in [2.75, 3.05) is 63.8 Å². The highest BCUT2D eigenvalue weighted by atomic mass is 35.5. The Morgan fingerprint density at radius 3 is 2.39 bits per heavy atom. The number of hydrogen-bond acceptors (Lipinski definition) is 6. The fourth-order valence-electron chi connectivity index (χ4n) is 4.28. The van der Waals surface area contributed by atoms with Crippen LogP contribution in [0.4, 0.5) is 5.82 Å². The first kappa shape index (κ1) is 23.1. The second-order valence-corrected chi connectivity index (χ2v) is 7.58. The molecule has 1 amide bonds. The molecule has 1 N–H and O–H groups in total. The molecule has 2 saturated heterocycles. The summed E-state index contributed by atoms with van der Waals surface area (Å²) >= 11 is 0. The fraction of sp³-hybridized carbons (Fsp3) is 0.737. The van der Waals surface area contributed by atoms with Crippen LogP contribution in [0.15, 0.2) is 6.33 Å². The molecular formula is C19H32Cl2N6O. The average Bonchev–Trinajstić information content (AvgIpc) is 2.95. The Balaban J connectivity index is 0.00000140. The summed E-state index contributed by atoms with van der Waals surface area (Å²) in [5.41, 5.74) is 2.51. The number of carbonyl (C=O) groups is 1. The lowest BCUT2D eigenvalue weighted by molar-refractivity contribution is -0.133. The number of hydrogen-bond donors (Lipinski definition) is 1. The molecule has 0 aromatic carbocycles. The molecule has 1 aromatic heterocycles. The lowest BCUT2D eigenvalue weighted by Gasteiger charge is -2.37. The molecule has 28 heavy (non-hydrogen) atoms. The van der Waals surface area contributed by atoms with E-state index >= 15 is 0 Å². The van der Waals surface area contributed by atoms with E-state index in [2.05, 4.69) is 25.1 Å². The Labute approximate surface area is 180 Å². The van der Waals surface area contributed by atoms with E-state index in [9.17, 15) is 4.79 Å². The van der Waals surface area contributed by atoms with Gasteiger partial charge >= 0.3 is 0 Å². The van der Waals surface area contributed by atoms with Gasteiger partial charge < -0.3 is 15.1 Å². The zero-order chi connectivity index (χ0) is 17.8. The number of likely N-dealkylation sites (tertiary alicyclic amines) is 1. The highest BCUT2D eigenvalue weighted by Crippen LogP contribution is 2.23. The summed E-state index contributed by atoms with van der Waals surface area (Å²) in [6.07, 6.45) is 7.28. The van der Waals surface area contributed by atoms with Gasteiger partial charge in [0.05, 0.1) is 12.2 Å². The van der Waals surface area contributed by atoms with Gasteiger partial charge in [-0.1, -0.05) is 0 Å². The Morgan fingerprint density at radius 1 is 0.929 bits per heavy atom. The monoisotopic (exact) mass is 430 g/mol. The van der Waals surface area contributed by atoms with Crippen LogP contribution in [0.5, 0.6) is 0 Å². The van der Waals surface area contributed by atoms with Crippen molar-refractivity contribution >= 4 is 36.5 Å². The quantitative estimate of drug-likeness (QED) is 0.775. The summed E-state index contributed by atoms with van der Waals surface area (Å²) in [7, 11) is 0. The molecule has 3 aliphatic heterocycles. The van der Waals surface area contributed by atoms with Crippen LogP contribution in [-0.4, -0.2) is 84.6 Å². The topological polar surface area (TPSA) is 64.6 Å². The van der Waals surface area contributed by atoms with Gasteiger partial charge in [-0.05, 0) is 32.2 Å². The standard InChI is InChI=1S/C19H30N6O.2ClH/c26-18(24-8-2-1-3-9-24)14-23-10-12-25(13-11-23)19-16-4-6-20-7-5-17(16)21-15-22-19;;/h15,20H,1-14H2;2*1H. The number of anilines is 1. The largest absolute Gasteiger partial charge is 0.354 e. The molecule has 0 unspecified atom stereocenters. The molecule has 158 valence electrons. The van der Waals surface area contributed by atoms with E-state index in [-0.39, 0.29) is 24.8 Å². The van der Waals surface area contributed by atoms with Crippen molar-refractivity contribution < 1.29 is 4.79 Å². The summed E-state index contributed by atoms with van der Waals surface area (Å²) in [5, 5.41) is 3.45. The van der Waals surface area contributed by atoms with E-state index in [0.717, 1.165) is 83.9 Å². The first-order valence-corrected chi connectivity index (χ1v) is 10.1. The second-order valence-electron chi connectivity index (χ2n) is 7.58. The smallest absolute Gasteiger partial charge is 0.236 e. The van der Waals surface area contributed by atoms with Crippen molar-refractivity contribution in [2.24, 2.45) is 0 Å². The van der Waals surface area contributed by atoms with Crippen molar-refractivity contribution in [1.29, 1.82) is 0 Å². The number of nitrogens with zero attached hydrogens (tertiary/aromatic N) is 5. The van der Waals surface area contributed by atoms with E-state index in [1.165, 1.54) is 17.7 Å². The van der Waals surface area contributed by atoms with Crippen LogP contribution in [0.3, 0.4) is 0 Å². The maximum absolute atomic E-state index is 12.5. The average molecular weight is 431 g/mol. The first-order chi connectivity index (χ1) is 12.8. The molecule has 4 heterocycles. The Morgan fingerprint density at radius 2 is 1.64 bits per heavy atom. The lowest BCUT2D eigenvalue weighted by atomic mass is 10.1. The molecule has 0 atom stereocenters. The van der Waals surface area contributed by atoms with E-state index in [0.29, 0.717) is 12.5 Å². The SMILES string of the molecule is Cl.Cl.O=C(CN1CCN(c2ncnc3c2CCNCC3)CC1)N1CCCCC1. The lowest BCUT2D eigenvalue weighted by Crippen LogP contribution is -2.51. The van der Waals surface area contributed by atoms with Crippen LogP contribution >= 0.6 is 24.8 Å². The molecule has 2 fully saturated rings. The van der Waals surface area contributed by atoms with E-state index < -0.39 is 0 Å². The number of carbonyl (C=O) groups excluding carboxylic acids is 1. The number of amides is 1. The van der Waals surface area contributed by atoms with Crippen molar-refractivity contribution in [3.63, 3.8) is 0 Å². The molecule has 0 aliphatic carbocycles. The summed E-state index contributed by atoms with van der Waals surface area (Å²) in [6, 6.07) is 0. The van der Waals surface area contributed by atoms with Gasteiger partial charge in [0.1, 0.15) is 12.1 Å². The van der Waals surface area contributed by atoms with Gasteiger partial charge in [-0.15, -0.1) is 24.8 Å². The number of piperazine rings is 1. The van der Waals surface area contributed by atoms with Crippen LogP contribution in [-0.2, 0) is 17.6 Å². The maximum Gasteiger partial charge on any atom is 0.236 e. The minimum atomic E-state index is 0. The Hall–Kier alpha value is -1.15. The van der Waals surface area contributed by atoms with Crippen LogP contribution < -0.4 is 10.2 Å². The van der Waals surface area contributed by atoms with Gasteiger partial charge in [-0.2, -0.15) is 0 Å². The van der Waals surface area contributed by atoms with Crippen LogP contribution in [0.25, 0.3) is 0 Å². The van der Waals surface area contributed by atoms with Crippen molar-refractivity contribution in [3.8, 4) is 0 Å². The van der Waals surface area contributed by atoms with Crippen LogP contribution in [0, 0.1) is 0 Å². The van der Waals surface area contributed by atoms with Gasteiger partial charge in [-0.25, -0.2) is 9.97 Å². The Bertz CT molecular complexity index is 633. The molecule has 0 spiro atoms. The number of rotatable bonds is 3. The molecule has 1 aromatic rings. The summed E-state index contributed by atoms with van der Waals surface area (Å²) < 4.78 is 0. The third-order valence-corrected chi connectivity index (χ3v) is 5.84. The number of halogens is 2. The molecule has 0 radical (unpaired) electrons. The first-order valence-electron chi connectivity index (χ1n) is 10.1. The molecule has 7 nitrogen and oxygen atoms in total. The number of piperidine rings is 1. The predicted octanol–water partition coefficient (Wildman–Crippen LogP) is 1.14. The van der Waals surface area contributed by atoms with Gasteiger partial charge in [0.2, 0.25) is 5.91 Å². The third-order valence-electron chi connectivity index (χ3n) is 5.84. The van der Waals surface area contributed by atoms with E-state index in [1.807, 2.05) is 4.90 Å². The minimum Gasteiger partial charge on any atom is -0.354 e. The maximum atomic E-state index is 12.5. The zero-order valence-corrected chi connectivity index (χ0v) is 18.1. The summed E-state index contributed by atoms with van der Waals surface area (Å²) in [5.74, 6) is 1.42. The van der Waals surface area contributed by atoms with E-state index in [4.69, 9.17) is 0 Å². The molecule has 0 bridgehead atoms. The molecule has 3 aliphatic rings. The molecular weight excluding hydrogens is 399 g/mol. The van der Waals surface area contributed by atoms with E-state index in [1.54, 1.807) is 6.33 Å². The summed E-state index contributed by atoms with van der Waals surface area (Å²) in [6.45, 7) is 8.18. The van der Waals surface area contributed by atoms with Crippen molar-refractivity contribution in [2.45, 2.75) is 32.1 Å². The minimum absolute atomic E-state index is 0. The number of aromatic nitrogens is 2. The molecule has 0 saturated carbocycles. The van der Waals surface area contributed by atoms with Gasteiger partial charge in [0, 0.05) is 57.8 Å². The zero-order valence-electron chi connectivity index (χ0n) is 16.4. The van der Waals surface area contributed by atoms with Crippen molar-refractivity contribution in [3.05, 3.63) is 17.6 Å². The van der Waals surface area contributed by atoms with Gasteiger partial charge in [0.15, 0.2) is 0 Å². The predicted molar refractivity (Wildman–Crippen MR) is 116 cm³/mol. The van der Waals surface area contributed by atoms with Gasteiger partial charge in [-0.3, -0.25) is 9.69 Å². The van der Waals surface area contributed by atoms with Gasteiger partial charge in [0.25, 0.3) is 0 Å². The normalized spacial score (nSPS) is 20.4. The Kier molecular flexibility index (Phi) is 9.21. The van der Waals surface area contributed by atoms with Crippen molar-refractivity contribution in [1.82, 2.24) is 25.1 Å². The van der Waals surface area contributed by atoms with Crippen LogP contribution in [0.2, 0.25) is 0 Å². The number of fused-ring (bicyclic) bond motifs is 1. The summed E-state index contributed by atoms with van der Waals surface area (Å²) in [4.78, 5) is 28.3. The third kappa shape index (κ3) is 5.47.